The van der Waals surface area contributed by atoms with Gasteiger partial charge in [0.25, 0.3) is 0 Å². The van der Waals surface area contributed by atoms with Gasteiger partial charge in [-0.25, -0.2) is 0 Å². The monoisotopic (exact) mass is 282 g/mol. The van der Waals surface area contributed by atoms with Crippen LogP contribution in [-0.4, -0.2) is 29.8 Å². The van der Waals surface area contributed by atoms with Gasteiger partial charge in [-0.05, 0) is 57.4 Å². The highest BCUT2D eigenvalue weighted by Gasteiger charge is 2.39. The van der Waals surface area contributed by atoms with E-state index >= 15 is 0 Å². The molecule has 0 saturated carbocycles. The summed E-state index contributed by atoms with van der Waals surface area (Å²) >= 11 is 0. The van der Waals surface area contributed by atoms with Gasteiger partial charge in [0.2, 0.25) is 0 Å². The molecule has 3 rings (SSSR count). The highest BCUT2D eigenvalue weighted by molar-refractivity contribution is 6.00. The van der Waals surface area contributed by atoms with Crippen molar-refractivity contribution in [2.45, 2.75) is 51.1 Å². The van der Waals surface area contributed by atoms with Crippen molar-refractivity contribution in [1.82, 2.24) is 4.90 Å². The van der Waals surface area contributed by atoms with Gasteiger partial charge in [0.1, 0.15) is 0 Å². The average molecular weight is 282 g/mol. The highest BCUT2D eigenvalue weighted by Crippen LogP contribution is 2.37. The van der Waals surface area contributed by atoms with Crippen LogP contribution in [0.4, 0.5) is 0 Å². The Kier molecular flexibility index (Phi) is 3.82. The molecule has 110 valence electrons. The van der Waals surface area contributed by atoms with Gasteiger partial charge >= 0.3 is 0 Å². The number of hydrogen-bond donors (Lipinski definition) is 0. The number of aryl methyl sites for hydroxylation is 1. The van der Waals surface area contributed by atoms with Crippen LogP contribution in [0.5, 0.6) is 0 Å². The van der Waals surface area contributed by atoms with Gasteiger partial charge in [0.05, 0.1) is 11.6 Å². The minimum Gasteiger partial charge on any atom is -0.300 e. The first-order valence-electron chi connectivity index (χ1n) is 7.87. The number of carbonyl (C=O) groups is 1. The molecule has 0 N–H and O–H groups in total. The Morgan fingerprint density at radius 1 is 1.29 bits per heavy atom. The first-order valence-corrected chi connectivity index (χ1v) is 7.87. The third-order valence-corrected chi connectivity index (χ3v) is 5.27. The second-order valence-electron chi connectivity index (χ2n) is 6.60. The Hall–Kier alpha value is -1.66. The summed E-state index contributed by atoms with van der Waals surface area (Å²) in [7, 11) is 2.20. The molecule has 2 aliphatic rings. The maximum Gasteiger partial charge on any atom is 0.167 e. The summed E-state index contributed by atoms with van der Waals surface area (Å²) in [5, 5.41) is 9.28. The van der Waals surface area contributed by atoms with E-state index in [1.807, 2.05) is 25.1 Å². The molecule has 0 aliphatic carbocycles. The van der Waals surface area contributed by atoms with Gasteiger partial charge in [0.15, 0.2) is 5.78 Å². The molecule has 0 amide bonds. The van der Waals surface area contributed by atoms with Crippen molar-refractivity contribution >= 4 is 5.78 Å². The summed E-state index contributed by atoms with van der Waals surface area (Å²) in [6.45, 7) is 1.95. The first kappa shape index (κ1) is 14.3. The Morgan fingerprint density at radius 2 is 1.95 bits per heavy atom. The van der Waals surface area contributed by atoms with Crippen LogP contribution in [0.2, 0.25) is 0 Å². The summed E-state index contributed by atoms with van der Waals surface area (Å²) in [6.07, 6.45) is 5.59. The normalized spacial score (nSPS) is 28.9. The topological polar surface area (TPSA) is 44.1 Å². The fourth-order valence-corrected chi connectivity index (χ4v) is 4.02. The lowest BCUT2D eigenvalue weighted by Gasteiger charge is -2.46. The zero-order valence-corrected chi connectivity index (χ0v) is 12.8. The summed E-state index contributed by atoms with van der Waals surface area (Å²) in [4.78, 5) is 15.3. The smallest absolute Gasteiger partial charge is 0.167 e. The zero-order chi connectivity index (χ0) is 15.0. The van der Waals surface area contributed by atoms with Crippen LogP contribution in [0.15, 0.2) is 18.2 Å². The van der Waals surface area contributed by atoms with Crippen molar-refractivity contribution in [3.8, 4) is 6.07 Å². The van der Waals surface area contributed by atoms with Crippen molar-refractivity contribution < 1.29 is 4.79 Å². The standard InChI is InChI=1S/C18H22N2O/c1-12-6-7-17(14(8-12)11-19)18(21)13-9-15-4-3-5-16(10-13)20(15)2/h6-8,13,15-16H,3-5,9-10H2,1-2H3. The lowest BCUT2D eigenvalue weighted by atomic mass is 9.75. The molecule has 1 aromatic carbocycles. The lowest BCUT2D eigenvalue weighted by Crippen LogP contribution is -2.51. The third-order valence-electron chi connectivity index (χ3n) is 5.27. The van der Waals surface area contributed by atoms with E-state index in [0.29, 0.717) is 23.2 Å². The SMILES string of the molecule is Cc1ccc(C(=O)C2CC3CCCC(C2)N3C)c(C#N)c1. The molecule has 2 heterocycles. The number of nitriles is 1. The van der Waals surface area contributed by atoms with Gasteiger partial charge in [-0.1, -0.05) is 12.5 Å². The van der Waals surface area contributed by atoms with Crippen molar-refractivity contribution in [3.05, 3.63) is 34.9 Å². The molecule has 2 bridgehead atoms. The van der Waals surface area contributed by atoms with Gasteiger partial charge in [0, 0.05) is 23.6 Å². The number of hydrogen-bond acceptors (Lipinski definition) is 3. The summed E-state index contributed by atoms with van der Waals surface area (Å²) in [5.41, 5.74) is 2.18. The molecule has 3 heteroatoms. The summed E-state index contributed by atoms with van der Waals surface area (Å²) in [5.74, 6) is 0.267. The van der Waals surface area contributed by atoms with E-state index in [9.17, 15) is 10.1 Å². The van der Waals surface area contributed by atoms with Crippen LogP contribution < -0.4 is 0 Å². The van der Waals surface area contributed by atoms with E-state index in [1.54, 1.807) is 0 Å². The van der Waals surface area contributed by atoms with Crippen LogP contribution in [0.1, 0.15) is 53.6 Å². The van der Waals surface area contributed by atoms with E-state index in [4.69, 9.17) is 0 Å². The minimum absolute atomic E-state index is 0.0892. The second-order valence-corrected chi connectivity index (χ2v) is 6.60. The molecule has 2 saturated heterocycles. The van der Waals surface area contributed by atoms with Gasteiger partial charge in [-0.3, -0.25) is 4.79 Å². The fourth-order valence-electron chi connectivity index (χ4n) is 4.02. The zero-order valence-electron chi connectivity index (χ0n) is 12.8. The van der Waals surface area contributed by atoms with E-state index in [0.717, 1.165) is 18.4 Å². The molecule has 2 atom stereocenters. The van der Waals surface area contributed by atoms with Gasteiger partial charge < -0.3 is 4.90 Å². The molecule has 2 unspecified atom stereocenters. The maximum atomic E-state index is 12.9. The number of rotatable bonds is 2. The fraction of sp³-hybridized carbons (Fsp3) is 0.556. The minimum atomic E-state index is 0.0892. The van der Waals surface area contributed by atoms with Crippen LogP contribution >= 0.6 is 0 Å². The lowest BCUT2D eigenvalue weighted by molar-refractivity contribution is 0.0338. The second kappa shape index (κ2) is 5.61. The molecular formula is C18H22N2O. The molecule has 3 nitrogen and oxygen atoms in total. The van der Waals surface area contributed by atoms with Crippen LogP contribution in [-0.2, 0) is 0 Å². The molecule has 0 aromatic heterocycles. The average Bonchev–Trinajstić information content (AvgIpc) is 2.46. The van der Waals surface area contributed by atoms with Gasteiger partial charge in [-0.15, -0.1) is 0 Å². The number of fused-ring (bicyclic) bond motifs is 2. The molecule has 2 aliphatic heterocycles. The third kappa shape index (κ3) is 2.61. The predicted molar refractivity (Wildman–Crippen MR) is 82.1 cm³/mol. The molecule has 1 aromatic rings. The van der Waals surface area contributed by atoms with E-state index < -0.39 is 0 Å². The Balaban J connectivity index is 1.85. The molecule has 21 heavy (non-hydrogen) atoms. The number of ketones is 1. The molecular weight excluding hydrogens is 260 g/mol. The van der Waals surface area contributed by atoms with Gasteiger partial charge in [-0.2, -0.15) is 5.26 Å². The Morgan fingerprint density at radius 3 is 2.57 bits per heavy atom. The predicted octanol–water partition coefficient (Wildman–Crippen LogP) is 3.31. The largest absolute Gasteiger partial charge is 0.300 e. The van der Waals surface area contributed by atoms with Crippen molar-refractivity contribution in [2.24, 2.45) is 5.92 Å². The number of Topliss-reactive ketones (excluding diaryl/α,β-unsaturated/α-hetero) is 1. The van der Waals surface area contributed by atoms with Crippen LogP contribution in [0, 0.1) is 24.2 Å². The molecule has 0 radical (unpaired) electrons. The van der Waals surface area contributed by atoms with E-state index in [-0.39, 0.29) is 11.7 Å². The van der Waals surface area contributed by atoms with Crippen molar-refractivity contribution in [2.75, 3.05) is 7.05 Å². The first-order chi connectivity index (χ1) is 10.1. The number of benzene rings is 1. The van der Waals surface area contributed by atoms with E-state index in [1.165, 1.54) is 19.3 Å². The van der Waals surface area contributed by atoms with Crippen LogP contribution in [0.3, 0.4) is 0 Å². The van der Waals surface area contributed by atoms with E-state index in [2.05, 4.69) is 18.0 Å². The quantitative estimate of drug-likeness (QED) is 0.782. The maximum absolute atomic E-state index is 12.9. The number of carbonyl (C=O) groups excluding carboxylic acids is 1. The highest BCUT2D eigenvalue weighted by atomic mass is 16.1. The Bertz CT molecular complexity index is 588. The summed E-state index contributed by atoms with van der Waals surface area (Å²) in [6, 6.07) is 8.87. The molecule has 0 spiro atoms. The number of piperidine rings is 2. The van der Waals surface area contributed by atoms with Crippen LogP contribution in [0.25, 0.3) is 0 Å². The number of nitrogens with zero attached hydrogens (tertiary/aromatic N) is 2. The molecule has 2 fully saturated rings. The Labute approximate surface area is 126 Å². The van der Waals surface area contributed by atoms with Crippen molar-refractivity contribution in [3.63, 3.8) is 0 Å². The summed E-state index contributed by atoms with van der Waals surface area (Å²) < 4.78 is 0. The van der Waals surface area contributed by atoms with Crippen molar-refractivity contribution in [1.29, 1.82) is 5.26 Å².